The predicted molar refractivity (Wildman–Crippen MR) is 112 cm³/mol. The molecule has 0 radical (unpaired) electrons. The lowest BCUT2D eigenvalue weighted by atomic mass is 10.1. The molecule has 0 unspecified atom stereocenters. The highest BCUT2D eigenvalue weighted by atomic mass is 35.5. The first kappa shape index (κ1) is 18.3. The molecule has 28 heavy (non-hydrogen) atoms. The minimum absolute atomic E-state index is 0.193. The average molecular weight is 393 g/mol. The van der Waals surface area contributed by atoms with Crippen LogP contribution in [0.2, 0.25) is 5.15 Å². The van der Waals surface area contributed by atoms with Gasteiger partial charge in [-0.1, -0.05) is 60.1 Å². The average Bonchev–Trinajstić information content (AvgIpc) is 3.23. The monoisotopic (exact) mass is 392 g/mol. The molecule has 0 bridgehead atoms. The van der Waals surface area contributed by atoms with E-state index < -0.39 is 0 Å². The van der Waals surface area contributed by atoms with Gasteiger partial charge >= 0.3 is 0 Å². The minimum Gasteiger partial charge on any atom is -0.361 e. The smallest absolute Gasteiger partial charge is 0.256 e. The molecule has 6 heteroatoms. The summed E-state index contributed by atoms with van der Waals surface area (Å²) in [6.45, 7) is 2.87. The Labute approximate surface area is 168 Å². The second kappa shape index (κ2) is 7.90. The van der Waals surface area contributed by atoms with Crippen molar-refractivity contribution in [2.45, 2.75) is 19.9 Å². The van der Waals surface area contributed by atoms with Gasteiger partial charge in [0.1, 0.15) is 5.15 Å². The molecule has 1 amide bonds. The van der Waals surface area contributed by atoms with Gasteiger partial charge in [-0.3, -0.25) is 4.79 Å². The summed E-state index contributed by atoms with van der Waals surface area (Å²) in [6.07, 6.45) is 2.73. The third kappa shape index (κ3) is 3.66. The van der Waals surface area contributed by atoms with Crippen molar-refractivity contribution in [3.05, 3.63) is 88.3 Å². The number of benzene rings is 2. The number of carbonyl (C=O) groups excluding carboxylic acids is 1. The number of aryl methyl sites for hydroxylation is 1. The molecule has 2 aromatic heterocycles. The number of halogens is 1. The van der Waals surface area contributed by atoms with Crippen molar-refractivity contribution in [3.8, 4) is 0 Å². The highest BCUT2D eigenvalue weighted by molar-refractivity contribution is 6.33. The van der Waals surface area contributed by atoms with E-state index in [1.54, 1.807) is 4.68 Å². The Morgan fingerprint density at radius 3 is 2.71 bits per heavy atom. The van der Waals surface area contributed by atoms with Crippen molar-refractivity contribution in [2.75, 3.05) is 6.54 Å². The third-order valence-corrected chi connectivity index (χ3v) is 5.21. The summed E-state index contributed by atoms with van der Waals surface area (Å²) in [5.41, 5.74) is 4.43. The van der Waals surface area contributed by atoms with Gasteiger partial charge in [0.05, 0.1) is 17.8 Å². The molecule has 0 aliphatic heterocycles. The van der Waals surface area contributed by atoms with Crippen LogP contribution in [0.25, 0.3) is 10.9 Å². The maximum Gasteiger partial charge on any atom is 0.256 e. The summed E-state index contributed by atoms with van der Waals surface area (Å²) in [5.74, 6) is -0.193. The van der Waals surface area contributed by atoms with E-state index in [-0.39, 0.29) is 5.91 Å². The molecule has 0 spiro atoms. The Kier molecular flexibility index (Phi) is 5.17. The Morgan fingerprint density at radius 2 is 1.89 bits per heavy atom. The summed E-state index contributed by atoms with van der Waals surface area (Å²) in [4.78, 5) is 15.9. The largest absolute Gasteiger partial charge is 0.361 e. The van der Waals surface area contributed by atoms with E-state index in [4.69, 9.17) is 11.6 Å². The number of H-pyrrole nitrogens is 1. The number of carbonyl (C=O) groups is 1. The SMILES string of the molecule is Cc1nn(Cc2ccccc2)c(Cl)c1C(=O)NCCc1c[nH]c2ccccc12. The van der Waals surface area contributed by atoms with Crippen molar-refractivity contribution in [3.63, 3.8) is 0 Å². The molecule has 4 rings (SSSR count). The Balaban J connectivity index is 1.43. The van der Waals surface area contributed by atoms with Crippen molar-refractivity contribution < 1.29 is 4.79 Å². The lowest BCUT2D eigenvalue weighted by Crippen LogP contribution is -2.26. The molecule has 142 valence electrons. The maximum absolute atomic E-state index is 12.7. The van der Waals surface area contributed by atoms with E-state index in [9.17, 15) is 4.79 Å². The highest BCUT2D eigenvalue weighted by Gasteiger charge is 2.20. The van der Waals surface area contributed by atoms with E-state index >= 15 is 0 Å². The molecular weight excluding hydrogens is 372 g/mol. The number of hydrogen-bond donors (Lipinski definition) is 2. The van der Waals surface area contributed by atoms with E-state index in [0.29, 0.717) is 29.5 Å². The molecule has 2 aromatic carbocycles. The molecule has 0 fully saturated rings. The fourth-order valence-corrected chi connectivity index (χ4v) is 3.73. The first-order valence-corrected chi connectivity index (χ1v) is 9.61. The second-order valence-electron chi connectivity index (χ2n) is 6.76. The number of hydrogen-bond acceptors (Lipinski definition) is 2. The summed E-state index contributed by atoms with van der Waals surface area (Å²) in [7, 11) is 0. The van der Waals surface area contributed by atoms with Crippen LogP contribution in [0.15, 0.2) is 60.8 Å². The lowest BCUT2D eigenvalue weighted by Gasteiger charge is -2.06. The van der Waals surface area contributed by atoms with Crippen molar-refractivity contribution in [2.24, 2.45) is 0 Å². The molecule has 0 aliphatic carbocycles. The van der Waals surface area contributed by atoms with Gasteiger partial charge in [-0.2, -0.15) is 5.10 Å². The van der Waals surface area contributed by atoms with Crippen LogP contribution in [0.3, 0.4) is 0 Å². The minimum atomic E-state index is -0.193. The van der Waals surface area contributed by atoms with Gasteiger partial charge in [0.2, 0.25) is 0 Å². The lowest BCUT2D eigenvalue weighted by molar-refractivity contribution is 0.0953. The van der Waals surface area contributed by atoms with E-state index in [0.717, 1.165) is 17.5 Å². The molecule has 0 saturated heterocycles. The molecular formula is C22H21ClN4O. The normalized spacial score (nSPS) is 11.1. The Bertz CT molecular complexity index is 1110. The Hall–Kier alpha value is -3.05. The van der Waals surface area contributed by atoms with Crippen LogP contribution in [0.4, 0.5) is 0 Å². The zero-order valence-electron chi connectivity index (χ0n) is 15.6. The van der Waals surface area contributed by atoms with E-state index in [1.807, 2.05) is 61.7 Å². The zero-order chi connectivity index (χ0) is 19.5. The first-order chi connectivity index (χ1) is 13.6. The van der Waals surface area contributed by atoms with Crippen molar-refractivity contribution in [1.82, 2.24) is 20.1 Å². The second-order valence-corrected chi connectivity index (χ2v) is 7.12. The van der Waals surface area contributed by atoms with E-state index in [2.05, 4.69) is 21.5 Å². The van der Waals surface area contributed by atoms with E-state index in [1.165, 1.54) is 10.9 Å². The van der Waals surface area contributed by atoms with Gasteiger partial charge in [-0.05, 0) is 30.5 Å². The number of rotatable bonds is 6. The van der Waals surface area contributed by atoms with Crippen LogP contribution in [-0.4, -0.2) is 27.2 Å². The molecule has 4 aromatic rings. The van der Waals surface area contributed by atoms with Gasteiger partial charge in [0.15, 0.2) is 0 Å². The van der Waals surface area contributed by atoms with Gasteiger partial charge in [0.25, 0.3) is 5.91 Å². The number of para-hydroxylation sites is 1. The highest BCUT2D eigenvalue weighted by Crippen LogP contribution is 2.21. The van der Waals surface area contributed by atoms with Crippen LogP contribution in [0.5, 0.6) is 0 Å². The first-order valence-electron chi connectivity index (χ1n) is 9.23. The fourth-order valence-electron chi connectivity index (χ4n) is 3.41. The standard InChI is InChI=1S/C22H21ClN4O/c1-15-20(21(23)27(26-15)14-16-7-3-2-4-8-16)22(28)24-12-11-17-13-25-19-10-6-5-9-18(17)19/h2-10,13,25H,11-12,14H2,1H3,(H,24,28). The zero-order valence-corrected chi connectivity index (χ0v) is 16.3. The number of aromatic nitrogens is 3. The van der Waals surface area contributed by atoms with Gasteiger partial charge in [-0.25, -0.2) is 4.68 Å². The van der Waals surface area contributed by atoms with Gasteiger partial charge in [0, 0.05) is 23.6 Å². The number of nitrogens with one attached hydrogen (secondary N) is 2. The number of fused-ring (bicyclic) bond motifs is 1. The quantitative estimate of drug-likeness (QED) is 0.512. The summed E-state index contributed by atoms with van der Waals surface area (Å²) in [6, 6.07) is 18.1. The number of nitrogens with zero attached hydrogens (tertiary/aromatic N) is 2. The van der Waals surface area contributed by atoms with Gasteiger partial charge < -0.3 is 10.3 Å². The van der Waals surface area contributed by atoms with Crippen LogP contribution < -0.4 is 5.32 Å². The Morgan fingerprint density at radius 1 is 1.14 bits per heavy atom. The van der Waals surface area contributed by atoms with Crippen LogP contribution in [0, 0.1) is 6.92 Å². The third-order valence-electron chi connectivity index (χ3n) is 4.82. The van der Waals surface area contributed by atoms with Crippen molar-refractivity contribution >= 4 is 28.4 Å². The van der Waals surface area contributed by atoms with Crippen LogP contribution >= 0.6 is 11.6 Å². The molecule has 0 saturated carbocycles. The molecule has 2 N–H and O–H groups in total. The number of aromatic amines is 1. The summed E-state index contributed by atoms with van der Waals surface area (Å²) in [5, 5.41) is 8.96. The van der Waals surface area contributed by atoms with Gasteiger partial charge in [-0.15, -0.1) is 0 Å². The van der Waals surface area contributed by atoms with Crippen molar-refractivity contribution in [1.29, 1.82) is 0 Å². The molecule has 0 aliphatic rings. The molecule has 0 atom stereocenters. The predicted octanol–water partition coefficient (Wildman–Crippen LogP) is 4.35. The van der Waals surface area contributed by atoms with Crippen LogP contribution in [0.1, 0.15) is 27.2 Å². The molecule has 2 heterocycles. The molecule has 5 nitrogen and oxygen atoms in total. The summed E-state index contributed by atoms with van der Waals surface area (Å²) < 4.78 is 1.67. The fraction of sp³-hybridized carbons (Fsp3) is 0.182. The van der Waals surface area contributed by atoms with Crippen LogP contribution in [-0.2, 0) is 13.0 Å². The maximum atomic E-state index is 12.7. The summed E-state index contributed by atoms with van der Waals surface area (Å²) >= 11 is 6.47. The topological polar surface area (TPSA) is 62.7 Å². The number of amides is 1.